The second-order valence-electron chi connectivity index (χ2n) is 3.46. The molecule has 0 saturated heterocycles. The van der Waals surface area contributed by atoms with E-state index in [0.29, 0.717) is 16.4 Å². The summed E-state index contributed by atoms with van der Waals surface area (Å²) in [5, 5.41) is 10.6. The summed E-state index contributed by atoms with van der Waals surface area (Å²) in [6.07, 6.45) is 1.45. The Morgan fingerprint density at radius 2 is 2.12 bits per heavy atom. The van der Waals surface area contributed by atoms with Crippen molar-refractivity contribution >= 4 is 26.9 Å². The van der Waals surface area contributed by atoms with E-state index in [4.69, 9.17) is 0 Å². The summed E-state index contributed by atoms with van der Waals surface area (Å²) in [4.78, 5) is 14.5. The maximum Gasteiger partial charge on any atom is 0.270 e. The van der Waals surface area contributed by atoms with Gasteiger partial charge in [0.15, 0.2) is 0 Å². The Labute approximate surface area is 92.3 Å². The Hall–Kier alpha value is -1.76. The summed E-state index contributed by atoms with van der Waals surface area (Å²) in [6.45, 7) is 1.65. The van der Waals surface area contributed by atoms with Gasteiger partial charge in [-0.1, -0.05) is 0 Å². The van der Waals surface area contributed by atoms with Crippen molar-refractivity contribution in [3.8, 4) is 0 Å². The van der Waals surface area contributed by atoms with Crippen LogP contribution in [-0.2, 0) is 9.73 Å². The zero-order chi connectivity index (χ0) is 11.9. The zero-order valence-electron chi connectivity index (χ0n) is 8.71. The minimum Gasteiger partial charge on any atom is -0.258 e. The lowest BCUT2D eigenvalue weighted by molar-refractivity contribution is -0.385. The lowest BCUT2D eigenvalue weighted by Gasteiger charge is -2.12. The number of rotatable bonds is 1. The van der Waals surface area contributed by atoms with E-state index in [2.05, 4.69) is 9.36 Å². The summed E-state index contributed by atoms with van der Waals surface area (Å²) < 4.78 is 16.1. The molecule has 0 N–H and O–H groups in total. The quantitative estimate of drug-likeness (QED) is 0.555. The average Bonchev–Trinajstić information content (AvgIpc) is 2.15. The maximum atomic E-state index is 12.1. The van der Waals surface area contributed by atoms with E-state index in [-0.39, 0.29) is 5.69 Å². The topological polar surface area (TPSA) is 84.9 Å². The summed E-state index contributed by atoms with van der Waals surface area (Å²) in [5.74, 6) is 0.425. The maximum absolute atomic E-state index is 12.1. The van der Waals surface area contributed by atoms with Gasteiger partial charge in [-0.25, -0.2) is 9.20 Å². The molecule has 1 unspecified atom stereocenters. The van der Waals surface area contributed by atoms with Crippen molar-refractivity contribution in [3.05, 3.63) is 28.3 Å². The number of hydrogen-bond donors (Lipinski definition) is 0. The fourth-order valence-electron chi connectivity index (χ4n) is 1.51. The standard InChI is InChI=1S/C9H9N3O3S/c1-6-10-8-4-3-7(12(13)14)5-9(8)16(2,15)11-6/h3-5H,1-2H3. The van der Waals surface area contributed by atoms with E-state index in [9.17, 15) is 14.3 Å². The molecule has 1 heterocycles. The van der Waals surface area contributed by atoms with Crippen molar-refractivity contribution in [3.63, 3.8) is 0 Å². The number of hydrogen-bond acceptors (Lipinski definition) is 5. The lowest BCUT2D eigenvalue weighted by Crippen LogP contribution is -2.06. The Morgan fingerprint density at radius 3 is 2.75 bits per heavy atom. The Morgan fingerprint density at radius 1 is 1.44 bits per heavy atom. The second-order valence-corrected chi connectivity index (χ2v) is 5.69. The largest absolute Gasteiger partial charge is 0.270 e. The molecule has 84 valence electrons. The molecule has 2 rings (SSSR count). The van der Waals surface area contributed by atoms with Crippen molar-refractivity contribution in [1.29, 1.82) is 0 Å². The number of aliphatic imine (C=N–C) groups is 1. The van der Waals surface area contributed by atoms with Gasteiger partial charge >= 0.3 is 0 Å². The number of nitro groups is 1. The molecule has 0 fully saturated rings. The molecule has 0 aliphatic carbocycles. The van der Waals surface area contributed by atoms with Crippen molar-refractivity contribution in [2.75, 3.05) is 6.26 Å². The molecule has 0 radical (unpaired) electrons. The minimum atomic E-state index is -2.61. The summed E-state index contributed by atoms with van der Waals surface area (Å²) in [5.41, 5.74) is 0.392. The Balaban J connectivity index is 2.75. The first-order valence-corrected chi connectivity index (χ1v) is 6.38. The smallest absolute Gasteiger partial charge is 0.258 e. The highest BCUT2D eigenvalue weighted by Crippen LogP contribution is 2.32. The number of nitrogens with zero attached hydrogens (tertiary/aromatic N) is 3. The van der Waals surface area contributed by atoms with Crippen molar-refractivity contribution in [2.24, 2.45) is 9.36 Å². The van der Waals surface area contributed by atoms with E-state index < -0.39 is 14.7 Å². The third kappa shape index (κ3) is 1.69. The monoisotopic (exact) mass is 239 g/mol. The zero-order valence-corrected chi connectivity index (χ0v) is 9.52. The molecule has 0 saturated carbocycles. The van der Waals surface area contributed by atoms with Gasteiger partial charge in [0.1, 0.15) is 5.84 Å². The van der Waals surface area contributed by atoms with E-state index >= 15 is 0 Å². The molecule has 1 aliphatic heterocycles. The van der Waals surface area contributed by atoms with Crippen LogP contribution in [0.5, 0.6) is 0 Å². The SMILES string of the molecule is CC1=Nc2ccc([N+](=O)[O-])cc2S(C)(=O)=N1. The van der Waals surface area contributed by atoms with Crippen LogP contribution >= 0.6 is 0 Å². The molecular weight excluding hydrogens is 230 g/mol. The predicted molar refractivity (Wildman–Crippen MR) is 60.6 cm³/mol. The fourth-order valence-corrected chi connectivity index (χ4v) is 2.99. The predicted octanol–water partition coefficient (Wildman–Crippen LogP) is 2.12. The second kappa shape index (κ2) is 3.38. The van der Waals surface area contributed by atoms with Gasteiger partial charge in [0.25, 0.3) is 5.69 Å². The summed E-state index contributed by atoms with van der Waals surface area (Å²) in [6, 6.07) is 4.11. The van der Waals surface area contributed by atoms with Gasteiger partial charge in [-0.15, -0.1) is 0 Å². The molecule has 6 nitrogen and oxygen atoms in total. The van der Waals surface area contributed by atoms with Gasteiger partial charge < -0.3 is 0 Å². The van der Waals surface area contributed by atoms with Crippen molar-refractivity contribution in [2.45, 2.75) is 11.8 Å². The van der Waals surface area contributed by atoms with Crippen LogP contribution in [0.2, 0.25) is 0 Å². The highest BCUT2D eigenvalue weighted by molar-refractivity contribution is 7.93. The first-order valence-electron chi connectivity index (χ1n) is 4.46. The molecular formula is C9H9N3O3S. The normalized spacial score (nSPS) is 23.0. The van der Waals surface area contributed by atoms with Crippen LogP contribution in [0.25, 0.3) is 0 Å². The molecule has 1 atom stereocenters. The van der Waals surface area contributed by atoms with Crippen LogP contribution < -0.4 is 0 Å². The number of benzene rings is 1. The first kappa shape index (κ1) is 10.7. The van der Waals surface area contributed by atoms with Crippen LogP contribution in [0, 0.1) is 10.1 Å². The van der Waals surface area contributed by atoms with E-state index in [1.807, 2.05) is 0 Å². The first-order chi connectivity index (χ1) is 7.40. The number of fused-ring (bicyclic) bond motifs is 1. The number of amidine groups is 1. The van der Waals surface area contributed by atoms with E-state index in [1.54, 1.807) is 6.92 Å². The van der Waals surface area contributed by atoms with Gasteiger partial charge in [0.2, 0.25) is 0 Å². The molecule has 0 aromatic heterocycles. The Bertz CT molecular complexity index is 627. The van der Waals surface area contributed by atoms with Gasteiger partial charge in [-0.2, -0.15) is 4.36 Å². The molecule has 0 spiro atoms. The van der Waals surface area contributed by atoms with Crippen LogP contribution in [0.1, 0.15) is 6.92 Å². The van der Waals surface area contributed by atoms with Gasteiger partial charge in [0, 0.05) is 18.4 Å². The van der Waals surface area contributed by atoms with Crippen molar-refractivity contribution < 1.29 is 9.13 Å². The van der Waals surface area contributed by atoms with Crippen LogP contribution in [0.15, 0.2) is 32.4 Å². The molecule has 1 aromatic rings. The molecule has 7 heteroatoms. The van der Waals surface area contributed by atoms with E-state index in [1.165, 1.54) is 24.5 Å². The lowest BCUT2D eigenvalue weighted by atomic mass is 10.3. The van der Waals surface area contributed by atoms with Gasteiger partial charge in [0.05, 0.1) is 25.2 Å². The summed E-state index contributed by atoms with van der Waals surface area (Å²) in [7, 11) is -2.61. The molecule has 0 amide bonds. The minimum absolute atomic E-state index is 0.0988. The van der Waals surface area contributed by atoms with Crippen LogP contribution in [-0.4, -0.2) is 21.2 Å². The summed E-state index contributed by atoms with van der Waals surface area (Å²) >= 11 is 0. The molecule has 1 aliphatic rings. The highest BCUT2D eigenvalue weighted by atomic mass is 32.2. The van der Waals surface area contributed by atoms with Gasteiger partial charge in [-0.05, 0) is 13.0 Å². The van der Waals surface area contributed by atoms with Crippen LogP contribution in [0.4, 0.5) is 11.4 Å². The third-order valence-corrected chi connectivity index (χ3v) is 3.91. The third-order valence-electron chi connectivity index (χ3n) is 2.15. The van der Waals surface area contributed by atoms with Gasteiger partial charge in [-0.3, -0.25) is 10.1 Å². The fraction of sp³-hybridized carbons (Fsp3) is 0.222. The highest BCUT2D eigenvalue weighted by Gasteiger charge is 2.20. The Kier molecular flexibility index (Phi) is 2.27. The molecule has 0 bridgehead atoms. The number of nitro benzene ring substituents is 1. The molecule has 16 heavy (non-hydrogen) atoms. The number of non-ortho nitro benzene ring substituents is 1. The average molecular weight is 239 g/mol. The van der Waals surface area contributed by atoms with Crippen LogP contribution in [0.3, 0.4) is 0 Å². The van der Waals surface area contributed by atoms with E-state index in [0.717, 1.165) is 0 Å². The van der Waals surface area contributed by atoms with Crippen molar-refractivity contribution in [1.82, 2.24) is 0 Å². The molecule has 1 aromatic carbocycles.